The second-order valence-electron chi connectivity index (χ2n) is 12.2. The van der Waals surface area contributed by atoms with Gasteiger partial charge in [0, 0.05) is 18.3 Å². The number of hydrogen-bond acceptors (Lipinski definition) is 8. The van der Waals surface area contributed by atoms with Crippen molar-refractivity contribution in [3.05, 3.63) is 83.8 Å². The first-order chi connectivity index (χ1) is 25.9. The number of carboxylic acids is 1. The van der Waals surface area contributed by atoms with Crippen LogP contribution in [0.5, 0.6) is 0 Å². The molecule has 5 rings (SSSR count). The molecule has 0 spiro atoms. The first-order valence-electron chi connectivity index (χ1n) is 16.0. The monoisotopic (exact) mass is 812 g/mol. The minimum atomic E-state index is -6.06. The Kier molecular flexibility index (Phi) is 18.2. The Balaban J connectivity index is 0.000000616. The van der Waals surface area contributed by atoms with Gasteiger partial charge in [-0.15, -0.1) is 5.10 Å². The van der Waals surface area contributed by atoms with Gasteiger partial charge in [0.2, 0.25) is 0 Å². The van der Waals surface area contributed by atoms with Gasteiger partial charge < -0.3 is 25.5 Å². The third-order valence-electron chi connectivity index (χ3n) is 7.20. The lowest BCUT2D eigenvalue weighted by Gasteiger charge is -2.30. The number of benzene rings is 1. The van der Waals surface area contributed by atoms with Crippen molar-refractivity contribution in [3.8, 4) is 0 Å². The zero-order valence-electron chi connectivity index (χ0n) is 29.7. The molecule has 13 nitrogen and oxygen atoms in total. The number of nitrogens with zero attached hydrogens (tertiary/aromatic N) is 5. The highest BCUT2D eigenvalue weighted by atomic mass is 19.5. The average molecular weight is 813 g/mol. The summed E-state index contributed by atoms with van der Waals surface area (Å²) < 4.78 is 96.1. The predicted octanol–water partition coefficient (Wildman–Crippen LogP) is 7.94. The molecule has 1 saturated heterocycles. The van der Waals surface area contributed by atoms with Crippen LogP contribution >= 0.6 is 0 Å². The van der Waals surface area contributed by atoms with Crippen LogP contribution in [0.3, 0.4) is 0 Å². The summed E-state index contributed by atoms with van der Waals surface area (Å²) >= 11 is 0. The second kappa shape index (κ2) is 21.2. The van der Waals surface area contributed by atoms with Gasteiger partial charge >= 0.3 is 24.5 Å². The van der Waals surface area contributed by atoms with Crippen LogP contribution in [0.1, 0.15) is 74.1 Å². The van der Waals surface area contributed by atoms with Crippen LogP contribution in [0.15, 0.2) is 67.0 Å². The maximum atomic E-state index is 12.8. The highest BCUT2D eigenvalue weighted by molar-refractivity contribution is 6.03. The van der Waals surface area contributed by atoms with Gasteiger partial charge in [0.25, 0.3) is 18.9 Å². The molecule has 4 aromatic rings. The van der Waals surface area contributed by atoms with Crippen LogP contribution in [-0.4, -0.2) is 84.8 Å². The summed E-state index contributed by atoms with van der Waals surface area (Å²) in [7, 11) is 0. The van der Waals surface area contributed by atoms with Crippen LogP contribution in [0.2, 0.25) is 0 Å². The van der Waals surface area contributed by atoms with Crippen molar-refractivity contribution in [2.24, 2.45) is 0 Å². The van der Waals surface area contributed by atoms with Crippen molar-refractivity contribution in [3.63, 3.8) is 0 Å². The summed E-state index contributed by atoms with van der Waals surface area (Å²) in [6, 6.07) is 18.0. The van der Waals surface area contributed by atoms with E-state index in [0.717, 1.165) is 30.9 Å². The zero-order chi connectivity index (χ0) is 42.9. The molecule has 0 radical (unpaired) electrons. The molecule has 308 valence electrons. The number of hydrogen-bond donors (Lipinski definition) is 4. The Morgan fingerprint density at radius 1 is 0.821 bits per heavy atom. The number of anilines is 2. The molecule has 56 heavy (non-hydrogen) atoms. The van der Waals surface area contributed by atoms with Gasteiger partial charge in [-0.2, -0.15) is 39.5 Å². The summed E-state index contributed by atoms with van der Waals surface area (Å²) in [6.07, 6.45) is -9.01. The van der Waals surface area contributed by atoms with E-state index in [1.165, 1.54) is 18.4 Å². The van der Waals surface area contributed by atoms with Crippen molar-refractivity contribution in [2.75, 3.05) is 16.8 Å². The Bertz CT molecular complexity index is 1810. The van der Waals surface area contributed by atoms with E-state index in [0.29, 0.717) is 17.0 Å². The number of amides is 1. The van der Waals surface area contributed by atoms with E-state index < -0.39 is 24.5 Å². The van der Waals surface area contributed by atoms with Gasteiger partial charge in [-0.25, -0.2) is 14.3 Å². The normalized spacial score (nSPS) is 14.4. The minimum absolute atomic E-state index is 0.0446. The number of pyridine rings is 1. The number of carboxylic acid groups (broad SMARTS) is 3. The van der Waals surface area contributed by atoms with Gasteiger partial charge in [-0.3, -0.25) is 19.4 Å². The SMILES string of the molecule is CC(C)(C)c1ccc(C(=O)Nc2cn3nc(N4CCCCCC4c4ccccn4)ccc3n2)cc1.FC(F)(F)C(F)(F)F.O=C(O)C(F)(F)F.O=CO.O=CO. The lowest BCUT2D eigenvalue weighted by atomic mass is 9.87. The molecule has 1 fully saturated rings. The van der Waals surface area contributed by atoms with Crippen molar-refractivity contribution in [1.82, 2.24) is 19.6 Å². The van der Waals surface area contributed by atoms with E-state index in [4.69, 9.17) is 34.8 Å². The van der Waals surface area contributed by atoms with E-state index in [1.54, 1.807) is 10.7 Å². The molecular formula is C34H37F9N6O7. The van der Waals surface area contributed by atoms with E-state index >= 15 is 0 Å². The molecule has 1 unspecified atom stereocenters. The summed E-state index contributed by atoms with van der Waals surface area (Å²) in [5, 5.41) is 28.7. The molecule has 22 heteroatoms. The van der Waals surface area contributed by atoms with Crippen LogP contribution in [-0.2, 0) is 19.8 Å². The third kappa shape index (κ3) is 15.8. The van der Waals surface area contributed by atoms with Crippen LogP contribution in [0.25, 0.3) is 5.65 Å². The highest BCUT2D eigenvalue weighted by Gasteiger charge is 2.58. The topological polar surface area (TPSA) is 187 Å². The zero-order valence-corrected chi connectivity index (χ0v) is 29.7. The highest BCUT2D eigenvalue weighted by Crippen LogP contribution is 2.36. The van der Waals surface area contributed by atoms with Crippen molar-refractivity contribution in [2.45, 2.75) is 76.4 Å². The quantitative estimate of drug-likeness (QED) is 0.116. The van der Waals surface area contributed by atoms with Crippen LogP contribution in [0.4, 0.5) is 51.1 Å². The number of alkyl halides is 9. The smallest absolute Gasteiger partial charge is 0.483 e. The number of carbonyl (C=O) groups is 4. The molecular weight excluding hydrogens is 775 g/mol. The first-order valence-corrected chi connectivity index (χ1v) is 16.0. The lowest BCUT2D eigenvalue weighted by Crippen LogP contribution is -2.30. The Morgan fingerprint density at radius 3 is 1.84 bits per heavy atom. The molecule has 1 aliphatic rings. The molecule has 0 aliphatic carbocycles. The van der Waals surface area contributed by atoms with Gasteiger partial charge in [0.15, 0.2) is 11.5 Å². The number of rotatable bonds is 4. The Morgan fingerprint density at radius 2 is 1.38 bits per heavy atom. The standard InChI is InChI=1S/C28H32N6O.C2F6.C2HF3O2.2CH2O2/c1-28(2,3)21-13-11-20(12-14-21)27(35)31-24-19-34-25(30-24)15-16-26(32-34)33-18-8-4-5-10-23(33)22-9-6-7-17-29-22;3-1(4,5)2(6,7)8;3-2(4,5)1(6)7;2*2-1-3/h6-7,9,11-17,19,23H,4-5,8,10,18H2,1-3H3,(H,31,35);;(H,6,7);2*1H,(H,2,3). The Hall–Kier alpha value is -5.96. The maximum absolute atomic E-state index is 12.8. The number of carbonyl (C=O) groups excluding carboxylic acids is 1. The number of aromatic nitrogens is 4. The van der Waals surface area contributed by atoms with Gasteiger partial charge in [-0.1, -0.05) is 51.8 Å². The maximum Gasteiger partial charge on any atom is 0.490 e. The molecule has 4 heterocycles. The van der Waals surface area contributed by atoms with Crippen LogP contribution in [0, 0.1) is 0 Å². The fourth-order valence-corrected chi connectivity index (χ4v) is 4.66. The van der Waals surface area contributed by atoms with Gasteiger partial charge in [0.05, 0.1) is 17.9 Å². The van der Waals surface area contributed by atoms with Crippen LogP contribution < -0.4 is 10.2 Å². The number of fused-ring (bicyclic) bond motifs is 1. The molecule has 0 saturated carbocycles. The van der Waals surface area contributed by atoms with E-state index in [1.807, 2.05) is 54.7 Å². The van der Waals surface area contributed by atoms with E-state index in [9.17, 15) is 44.3 Å². The van der Waals surface area contributed by atoms with Crippen molar-refractivity contribution < 1.29 is 74.0 Å². The van der Waals surface area contributed by atoms with Crippen molar-refractivity contribution in [1.29, 1.82) is 0 Å². The largest absolute Gasteiger partial charge is 0.490 e. The van der Waals surface area contributed by atoms with Gasteiger partial charge in [0.1, 0.15) is 5.82 Å². The third-order valence-corrected chi connectivity index (χ3v) is 7.20. The molecule has 4 N–H and O–H groups in total. The number of nitrogens with one attached hydrogen (secondary N) is 1. The molecule has 3 aromatic heterocycles. The lowest BCUT2D eigenvalue weighted by molar-refractivity contribution is -0.339. The summed E-state index contributed by atoms with van der Waals surface area (Å²) in [6.45, 7) is 6.90. The number of halogens is 9. The summed E-state index contributed by atoms with van der Waals surface area (Å²) in [5.74, 6) is -1.57. The van der Waals surface area contributed by atoms with Crippen molar-refractivity contribution >= 4 is 42.1 Å². The molecule has 1 aliphatic heterocycles. The van der Waals surface area contributed by atoms with E-state index in [2.05, 4.69) is 47.0 Å². The second-order valence-corrected chi connectivity index (χ2v) is 12.2. The molecule has 0 bridgehead atoms. The summed E-state index contributed by atoms with van der Waals surface area (Å²) in [5.41, 5.74) is 3.61. The van der Waals surface area contributed by atoms with Gasteiger partial charge in [-0.05, 0) is 60.2 Å². The fraction of sp³-hybridized carbons (Fsp3) is 0.382. The number of imidazole rings is 1. The number of aliphatic carboxylic acids is 1. The predicted molar refractivity (Wildman–Crippen MR) is 182 cm³/mol. The Labute approximate surface area is 312 Å². The summed E-state index contributed by atoms with van der Waals surface area (Å²) in [4.78, 5) is 50.0. The fourth-order valence-electron chi connectivity index (χ4n) is 4.66. The molecule has 1 amide bonds. The van der Waals surface area contributed by atoms with E-state index in [-0.39, 0.29) is 30.3 Å². The average Bonchev–Trinajstić information content (AvgIpc) is 3.33. The minimum Gasteiger partial charge on any atom is -0.483 e. The first kappa shape index (κ1) is 48.1. The molecule has 1 aromatic carbocycles. The molecule has 1 atom stereocenters.